The summed E-state index contributed by atoms with van der Waals surface area (Å²) in [4.78, 5) is 2.72. The first-order valence-electron chi connectivity index (χ1n) is 8.48. The lowest BCUT2D eigenvalue weighted by molar-refractivity contribution is -0.105. The number of nitrogens with zero attached hydrogens (tertiary/aromatic N) is 1. The maximum Gasteiger partial charge on any atom is 0.0805 e. The van der Waals surface area contributed by atoms with Gasteiger partial charge in [0.1, 0.15) is 0 Å². The van der Waals surface area contributed by atoms with Crippen molar-refractivity contribution in [3.63, 3.8) is 0 Å². The van der Waals surface area contributed by atoms with Crippen LogP contribution in [0.25, 0.3) is 0 Å². The molecule has 0 aromatic rings. The fourth-order valence-corrected chi connectivity index (χ4v) is 3.83. The average Bonchev–Trinajstić information content (AvgIpc) is 2.33. The van der Waals surface area contributed by atoms with E-state index in [-0.39, 0.29) is 5.60 Å². The molecule has 0 spiro atoms. The number of hydrogen-bond donors (Lipinski definition) is 1. The van der Waals surface area contributed by atoms with Crippen LogP contribution in [0.4, 0.5) is 0 Å². The molecule has 1 saturated carbocycles. The molecule has 1 aliphatic heterocycles. The normalized spacial score (nSPS) is 30.8. The second-order valence-electron chi connectivity index (χ2n) is 7.72. The Morgan fingerprint density at radius 3 is 2.40 bits per heavy atom. The van der Waals surface area contributed by atoms with E-state index in [1.54, 1.807) is 0 Å². The molecule has 0 radical (unpaired) electrons. The molecular weight excluding hydrogens is 248 g/mol. The maximum atomic E-state index is 5.86. The monoisotopic (exact) mass is 282 g/mol. The molecule has 0 amide bonds. The number of rotatable bonds is 6. The topological polar surface area (TPSA) is 24.5 Å². The highest BCUT2D eigenvalue weighted by Gasteiger charge is 2.41. The van der Waals surface area contributed by atoms with Gasteiger partial charge in [0.25, 0.3) is 0 Å². The molecule has 3 nitrogen and oxygen atoms in total. The molecular formula is C17H34N2O. The number of methoxy groups -OCH3 is 1. The first kappa shape index (κ1) is 16.3. The highest BCUT2D eigenvalue weighted by Crippen LogP contribution is 2.37. The minimum absolute atomic E-state index is 0.160. The van der Waals surface area contributed by atoms with E-state index in [9.17, 15) is 0 Å². The van der Waals surface area contributed by atoms with Crippen molar-refractivity contribution in [1.29, 1.82) is 0 Å². The predicted octanol–water partition coefficient (Wildman–Crippen LogP) is 2.90. The zero-order valence-corrected chi connectivity index (χ0v) is 14.1. The number of hydrogen-bond acceptors (Lipinski definition) is 3. The quantitative estimate of drug-likeness (QED) is 0.811. The highest BCUT2D eigenvalue weighted by molar-refractivity contribution is 4.97. The Hall–Kier alpha value is -0.120. The summed E-state index contributed by atoms with van der Waals surface area (Å²) in [5, 5.41) is 3.77. The fourth-order valence-electron chi connectivity index (χ4n) is 3.83. The molecule has 2 unspecified atom stereocenters. The first-order chi connectivity index (χ1) is 9.46. The average molecular weight is 282 g/mol. The lowest BCUT2D eigenvalue weighted by Gasteiger charge is -2.50. The van der Waals surface area contributed by atoms with Gasteiger partial charge >= 0.3 is 0 Å². The summed E-state index contributed by atoms with van der Waals surface area (Å²) >= 11 is 0. The zero-order valence-electron chi connectivity index (χ0n) is 14.1. The largest absolute Gasteiger partial charge is 0.377 e. The second-order valence-corrected chi connectivity index (χ2v) is 7.72. The Balaban J connectivity index is 1.99. The van der Waals surface area contributed by atoms with Crippen LogP contribution in [-0.2, 0) is 4.74 Å². The molecule has 1 heterocycles. The Kier molecular flexibility index (Phi) is 5.49. The van der Waals surface area contributed by atoms with Crippen LogP contribution in [0.5, 0.6) is 0 Å². The van der Waals surface area contributed by atoms with E-state index in [0.717, 1.165) is 19.0 Å². The lowest BCUT2D eigenvalue weighted by Crippen LogP contribution is -2.62. The summed E-state index contributed by atoms with van der Waals surface area (Å²) in [5.41, 5.74) is 0.160. The van der Waals surface area contributed by atoms with Crippen molar-refractivity contribution >= 4 is 0 Å². The standard InChI is InChI=1S/C17H34N2O/c1-13(2)9-15-11-19(16(10-18-15)14(3)4)12-17(20-5)7-6-8-17/h13-16,18H,6-12H2,1-5H3. The van der Waals surface area contributed by atoms with Crippen LogP contribution in [0.2, 0.25) is 0 Å². The highest BCUT2D eigenvalue weighted by atomic mass is 16.5. The summed E-state index contributed by atoms with van der Waals surface area (Å²) < 4.78 is 5.86. The van der Waals surface area contributed by atoms with Crippen LogP contribution in [0.15, 0.2) is 0 Å². The van der Waals surface area contributed by atoms with Gasteiger partial charge in [0, 0.05) is 38.8 Å². The molecule has 0 aromatic heterocycles. The molecule has 118 valence electrons. The number of piperazine rings is 1. The van der Waals surface area contributed by atoms with Gasteiger partial charge in [0.2, 0.25) is 0 Å². The van der Waals surface area contributed by atoms with Crippen molar-refractivity contribution in [3.05, 3.63) is 0 Å². The predicted molar refractivity (Wildman–Crippen MR) is 85.0 cm³/mol. The van der Waals surface area contributed by atoms with Gasteiger partial charge in [-0.05, 0) is 37.5 Å². The van der Waals surface area contributed by atoms with Crippen molar-refractivity contribution in [2.24, 2.45) is 11.8 Å². The van der Waals surface area contributed by atoms with Gasteiger partial charge in [-0.25, -0.2) is 0 Å². The van der Waals surface area contributed by atoms with Gasteiger partial charge in [0.15, 0.2) is 0 Å². The third-order valence-corrected chi connectivity index (χ3v) is 5.25. The van der Waals surface area contributed by atoms with Gasteiger partial charge in [-0.1, -0.05) is 27.7 Å². The van der Waals surface area contributed by atoms with Gasteiger partial charge < -0.3 is 10.1 Å². The minimum Gasteiger partial charge on any atom is -0.377 e. The SMILES string of the molecule is COC1(CN2CC(CC(C)C)NCC2C(C)C)CCC1. The van der Waals surface area contributed by atoms with Crippen molar-refractivity contribution in [1.82, 2.24) is 10.2 Å². The third kappa shape index (κ3) is 3.75. The Morgan fingerprint density at radius 1 is 1.25 bits per heavy atom. The molecule has 3 heteroatoms. The Bertz CT molecular complexity index is 294. The Morgan fingerprint density at radius 2 is 1.95 bits per heavy atom. The minimum atomic E-state index is 0.160. The van der Waals surface area contributed by atoms with Crippen molar-refractivity contribution < 1.29 is 4.74 Å². The van der Waals surface area contributed by atoms with Crippen molar-refractivity contribution in [2.45, 2.75) is 71.1 Å². The van der Waals surface area contributed by atoms with Crippen LogP contribution in [-0.4, -0.2) is 49.3 Å². The van der Waals surface area contributed by atoms with Gasteiger partial charge in [-0.15, -0.1) is 0 Å². The van der Waals surface area contributed by atoms with Crippen LogP contribution in [0, 0.1) is 11.8 Å². The summed E-state index contributed by atoms with van der Waals surface area (Å²) in [6, 6.07) is 1.31. The molecule has 2 rings (SSSR count). The van der Waals surface area contributed by atoms with E-state index in [2.05, 4.69) is 37.9 Å². The lowest BCUT2D eigenvalue weighted by atomic mass is 9.78. The maximum absolute atomic E-state index is 5.86. The molecule has 0 bridgehead atoms. The zero-order chi connectivity index (χ0) is 14.8. The van der Waals surface area contributed by atoms with Gasteiger partial charge in [-0.3, -0.25) is 4.90 Å². The van der Waals surface area contributed by atoms with E-state index in [1.807, 2.05) is 7.11 Å². The second kappa shape index (κ2) is 6.76. The van der Waals surface area contributed by atoms with Gasteiger partial charge in [-0.2, -0.15) is 0 Å². The number of nitrogens with one attached hydrogen (secondary N) is 1. The summed E-state index contributed by atoms with van der Waals surface area (Å²) in [6.07, 6.45) is 5.10. The molecule has 1 N–H and O–H groups in total. The summed E-state index contributed by atoms with van der Waals surface area (Å²) in [7, 11) is 1.90. The molecule has 2 atom stereocenters. The summed E-state index contributed by atoms with van der Waals surface area (Å²) in [6.45, 7) is 12.8. The third-order valence-electron chi connectivity index (χ3n) is 5.25. The number of ether oxygens (including phenoxy) is 1. The van der Waals surface area contributed by atoms with Crippen LogP contribution >= 0.6 is 0 Å². The summed E-state index contributed by atoms with van der Waals surface area (Å²) in [5.74, 6) is 1.47. The molecule has 1 saturated heterocycles. The van der Waals surface area contributed by atoms with Gasteiger partial charge in [0.05, 0.1) is 5.60 Å². The van der Waals surface area contributed by atoms with Crippen LogP contribution in [0.3, 0.4) is 0 Å². The van der Waals surface area contributed by atoms with Crippen LogP contribution in [0.1, 0.15) is 53.4 Å². The smallest absolute Gasteiger partial charge is 0.0805 e. The van der Waals surface area contributed by atoms with E-state index in [0.29, 0.717) is 18.0 Å². The van der Waals surface area contributed by atoms with Crippen molar-refractivity contribution in [2.75, 3.05) is 26.7 Å². The van der Waals surface area contributed by atoms with E-state index in [1.165, 1.54) is 32.2 Å². The van der Waals surface area contributed by atoms with E-state index >= 15 is 0 Å². The molecule has 1 aliphatic carbocycles. The van der Waals surface area contributed by atoms with Crippen molar-refractivity contribution in [3.8, 4) is 0 Å². The first-order valence-corrected chi connectivity index (χ1v) is 8.48. The Labute approximate surface area is 125 Å². The molecule has 2 aliphatic rings. The van der Waals surface area contributed by atoms with E-state index in [4.69, 9.17) is 4.74 Å². The molecule has 2 fully saturated rings. The molecule has 20 heavy (non-hydrogen) atoms. The van der Waals surface area contributed by atoms with Crippen LogP contribution < -0.4 is 5.32 Å². The van der Waals surface area contributed by atoms with E-state index < -0.39 is 0 Å². The fraction of sp³-hybridized carbons (Fsp3) is 1.00. The molecule has 0 aromatic carbocycles.